The Balaban J connectivity index is 2.58. The number of carbonyl (C=O) groups excluding carboxylic acids is 1. The van der Waals surface area contributed by atoms with Crippen LogP contribution in [-0.4, -0.2) is 35.8 Å². The molecule has 0 saturated heterocycles. The van der Waals surface area contributed by atoms with Crippen molar-refractivity contribution in [2.75, 3.05) is 23.9 Å². The Bertz CT molecular complexity index is 423. The number of hydrogen-bond acceptors (Lipinski definition) is 3. The highest BCUT2D eigenvalue weighted by Gasteiger charge is 2.12. The monoisotopic (exact) mass is 346 g/mol. The molecule has 0 spiro atoms. The molecule has 6 heteroatoms. The fraction of sp³-hybridized carbons (Fsp3) is 0.462. The van der Waals surface area contributed by atoms with Gasteiger partial charge in [0.1, 0.15) is 0 Å². The lowest BCUT2D eigenvalue weighted by atomic mass is 10.2. The van der Waals surface area contributed by atoms with E-state index in [9.17, 15) is 4.79 Å². The lowest BCUT2D eigenvalue weighted by Gasteiger charge is -2.17. The summed E-state index contributed by atoms with van der Waals surface area (Å²) in [5.41, 5.74) is 1.85. The summed E-state index contributed by atoms with van der Waals surface area (Å²) in [6.45, 7) is 2.06. The first-order valence-corrected chi connectivity index (χ1v) is 8.19. The molecule has 0 radical (unpaired) electrons. The average Bonchev–Trinajstić information content (AvgIpc) is 2.33. The van der Waals surface area contributed by atoms with Gasteiger partial charge in [-0.05, 0) is 53.2 Å². The molecule has 0 aliphatic rings. The van der Waals surface area contributed by atoms with Crippen LogP contribution in [-0.2, 0) is 0 Å². The second kappa shape index (κ2) is 8.45. The summed E-state index contributed by atoms with van der Waals surface area (Å²) in [6, 6.07) is 5.46. The van der Waals surface area contributed by atoms with Gasteiger partial charge in [-0.15, -0.1) is 0 Å². The molecule has 0 aliphatic carbocycles. The number of benzene rings is 1. The Kier molecular flexibility index (Phi) is 7.27. The number of nitrogens with one attached hydrogen (secondary N) is 2. The predicted octanol–water partition coefficient (Wildman–Crippen LogP) is 2.99. The molecule has 3 N–H and O–H groups in total. The minimum Gasteiger partial charge on any atom is -0.396 e. The van der Waals surface area contributed by atoms with Gasteiger partial charge in [-0.25, -0.2) is 4.79 Å². The van der Waals surface area contributed by atoms with Crippen LogP contribution in [0.3, 0.4) is 0 Å². The van der Waals surface area contributed by atoms with Crippen LogP contribution in [0.5, 0.6) is 0 Å². The molecular weight excluding hydrogens is 328 g/mol. The van der Waals surface area contributed by atoms with E-state index >= 15 is 0 Å². The molecule has 0 aliphatic heterocycles. The first kappa shape index (κ1) is 16.3. The highest BCUT2D eigenvalue weighted by Crippen LogP contribution is 2.23. The van der Waals surface area contributed by atoms with Gasteiger partial charge < -0.3 is 15.7 Å². The molecule has 2 amide bonds. The van der Waals surface area contributed by atoms with Crippen molar-refractivity contribution in [2.45, 2.75) is 19.4 Å². The van der Waals surface area contributed by atoms with E-state index in [1.54, 1.807) is 11.8 Å². The average molecular weight is 347 g/mol. The van der Waals surface area contributed by atoms with Crippen LogP contribution in [0.15, 0.2) is 22.7 Å². The van der Waals surface area contributed by atoms with Crippen molar-refractivity contribution >= 4 is 39.4 Å². The number of amides is 2. The van der Waals surface area contributed by atoms with Crippen molar-refractivity contribution in [3.05, 3.63) is 28.2 Å². The van der Waals surface area contributed by atoms with E-state index in [2.05, 4.69) is 26.6 Å². The minimum atomic E-state index is -0.253. The van der Waals surface area contributed by atoms with E-state index in [4.69, 9.17) is 5.11 Å². The number of aliphatic hydroxyl groups is 1. The SMILES string of the molecule is CSCC(CCO)NC(=O)Nc1ccc(C)cc1Br. The fourth-order valence-electron chi connectivity index (χ4n) is 1.62. The van der Waals surface area contributed by atoms with Gasteiger partial charge in [-0.3, -0.25) is 0 Å². The van der Waals surface area contributed by atoms with Crippen molar-refractivity contribution in [2.24, 2.45) is 0 Å². The lowest BCUT2D eigenvalue weighted by Crippen LogP contribution is -2.40. The predicted molar refractivity (Wildman–Crippen MR) is 84.9 cm³/mol. The fourth-order valence-corrected chi connectivity index (χ4v) is 2.86. The number of rotatable bonds is 6. The molecule has 1 rings (SSSR count). The van der Waals surface area contributed by atoms with Gasteiger partial charge in [-0.2, -0.15) is 11.8 Å². The molecule has 1 aromatic rings. The molecule has 1 aromatic carbocycles. The van der Waals surface area contributed by atoms with Gasteiger partial charge in [0, 0.05) is 22.9 Å². The molecule has 19 heavy (non-hydrogen) atoms. The normalized spacial score (nSPS) is 12.0. The maximum absolute atomic E-state index is 11.9. The minimum absolute atomic E-state index is 0.0239. The van der Waals surface area contributed by atoms with E-state index < -0.39 is 0 Å². The number of aliphatic hydroxyl groups excluding tert-OH is 1. The number of carbonyl (C=O) groups is 1. The summed E-state index contributed by atoms with van der Waals surface area (Å²) in [5, 5.41) is 14.6. The zero-order valence-electron chi connectivity index (χ0n) is 11.1. The summed E-state index contributed by atoms with van der Waals surface area (Å²) < 4.78 is 0.853. The molecule has 4 nitrogen and oxygen atoms in total. The first-order chi connectivity index (χ1) is 9.06. The van der Waals surface area contributed by atoms with Crippen LogP contribution in [0.1, 0.15) is 12.0 Å². The summed E-state index contributed by atoms with van der Waals surface area (Å²) >= 11 is 5.06. The summed E-state index contributed by atoms with van der Waals surface area (Å²) in [5.74, 6) is 0.781. The third-order valence-electron chi connectivity index (χ3n) is 2.55. The number of hydrogen-bond donors (Lipinski definition) is 3. The van der Waals surface area contributed by atoms with Gasteiger partial charge in [0.2, 0.25) is 0 Å². The van der Waals surface area contributed by atoms with Gasteiger partial charge in [0.25, 0.3) is 0 Å². The second-order valence-electron chi connectivity index (χ2n) is 4.25. The number of aryl methyl sites for hydroxylation is 1. The van der Waals surface area contributed by atoms with Crippen LogP contribution >= 0.6 is 27.7 Å². The van der Waals surface area contributed by atoms with E-state index in [-0.39, 0.29) is 18.7 Å². The molecule has 0 heterocycles. The molecule has 0 fully saturated rings. The van der Waals surface area contributed by atoms with Crippen LogP contribution in [0.25, 0.3) is 0 Å². The van der Waals surface area contributed by atoms with Crippen LogP contribution in [0.4, 0.5) is 10.5 Å². The van der Waals surface area contributed by atoms with Crippen molar-refractivity contribution in [1.82, 2.24) is 5.32 Å². The van der Waals surface area contributed by atoms with Crippen molar-refractivity contribution < 1.29 is 9.90 Å². The van der Waals surface area contributed by atoms with Crippen molar-refractivity contribution in [3.63, 3.8) is 0 Å². The summed E-state index contributed by atoms with van der Waals surface area (Å²) in [6.07, 6.45) is 2.53. The Labute approximate surface area is 126 Å². The van der Waals surface area contributed by atoms with E-state index in [0.717, 1.165) is 21.5 Å². The summed E-state index contributed by atoms with van der Waals surface area (Å²) in [4.78, 5) is 11.9. The Morgan fingerprint density at radius 2 is 2.26 bits per heavy atom. The third kappa shape index (κ3) is 5.84. The summed E-state index contributed by atoms with van der Waals surface area (Å²) in [7, 11) is 0. The highest BCUT2D eigenvalue weighted by atomic mass is 79.9. The maximum Gasteiger partial charge on any atom is 0.319 e. The van der Waals surface area contributed by atoms with Crippen LogP contribution in [0.2, 0.25) is 0 Å². The lowest BCUT2D eigenvalue weighted by molar-refractivity contribution is 0.241. The molecule has 1 unspecified atom stereocenters. The van der Waals surface area contributed by atoms with Gasteiger partial charge in [0.15, 0.2) is 0 Å². The van der Waals surface area contributed by atoms with Crippen LogP contribution in [0, 0.1) is 6.92 Å². The third-order valence-corrected chi connectivity index (χ3v) is 3.95. The zero-order valence-corrected chi connectivity index (χ0v) is 13.5. The molecule has 0 bridgehead atoms. The van der Waals surface area contributed by atoms with Gasteiger partial charge >= 0.3 is 6.03 Å². The molecular formula is C13H19BrN2O2S. The second-order valence-corrected chi connectivity index (χ2v) is 6.01. The largest absolute Gasteiger partial charge is 0.396 e. The Morgan fingerprint density at radius 3 is 2.84 bits per heavy atom. The smallest absolute Gasteiger partial charge is 0.319 e. The number of halogens is 1. The Hall–Kier alpha value is -0.720. The van der Waals surface area contributed by atoms with Crippen molar-refractivity contribution in [3.8, 4) is 0 Å². The van der Waals surface area contributed by atoms with Gasteiger partial charge in [0.05, 0.1) is 5.69 Å². The number of urea groups is 1. The standard InChI is InChI=1S/C13H19BrN2O2S/c1-9-3-4-12(11(14)7-9)16-13(18)15-10(5-6-17)8-19-2/h3-4,7,10,17H,5-6,8H2,1-2H3,(H2,15,16,18). The molecule has 106 valence electrons. The molecule has 1 atom stereocenters. The zero-order chi connectivity index (χ0) is 14.3. The quantitative estimate of drug-likeness (QED) is 0.741. The Morgan fingerprint density at radius 1 is 1.53 bits per heavy atom. The maximum atomic E-state index is 11.9. The molecule has 0 saturated carbocycles. The van der Waals surface area contributed by atoms with E-state index in [0.29, 0.717) is 6.42 Å². The number of thioether (sulfide) groups is 1. The van der Waals surface area contributed by atoms with Crippen molar-refractivity contribution in [1.29, 1.82) is 0 Å². The molecule has 0 aromatic heterocycles. The van der Waals surface area contributed by atoms with Crippen LogP contribution < -0.4 is 10.6 Å². The topological polar surface area (TPSA) is 61.4 Å². The van der Waals surface area contributed by atoms with E-state index in [1.165, 1.54) is 0 Å². The van der Waals surface area contributed by atoms with Gasteiger partial charge in [-0.1, -0.05) is 6.07 Å². The number of anilines is 1. The first-order valence-electron chi connectivity index (χ1n) is 6.00. The highest BCUT2D eigenvalue weighted by molar-refractivity contribution is 9.10. The van der Waals surface area contributed by atoms with E-state index in [1.807, 2.05) is 31.4 Å².